The molecule has 0 atom stereocenters. The van der Waals surface area contributed by atoms with E-state index in [1.54, 1.807) is 4.90 Å². The molecule has 0 saturated carbocycles. The number of carboxylic acid groups (broad SMARTS) is 1. The zero-order chi connectivity index (χ0) is 12.8. The van der Waals surface area contributed by atoms with Crippen LogP contribution in [0.3, 0.4) is 0 Å². The highest BCUT2D eigenvalue weighted by molar-refractivity contribution is 5.93. The lowest BCUT2D eigenvalue weighted by Gasteiger charge is -2.22. The number of carboxylic acids is 1. The number of hydrogen-bond donors (Lipinski definition) is 2. The molecular formula is C11H15FN2O3. The van der Waals surface area contributed by atoms with E-state index in [-0.39, 0.29) is 18.0 Å². The third kappa shape index (κ3) is 3.39. The lowest BCUT2D eigenvalue weighted by atomic mass is 10.2. The molecule has 0 aliphatic heterocycles. The van der Waals surface area contributed by atoms with Gasteiger partial charge in [0, 0.05) is 19.7 Å². The third-order valence-electron chi connectivity index (χ3n) is 2.33. The van der Waals surface area contributed by atoms with Gasteiger partial charge in [0.05, 0.1) is 6.20 Å². The molecule has 1 rings (SSSR count). The first-order valence-electron chi connectivity index (χ1n) is 5.34. The van der Waals surface area contributed by atoms with Crippen molar-refractivity contribution in [2.45, 2.75) is 13.3 Å². The summed E-state index contributed by atoms with van der Waals surface area (Å²) in [6, 6.07) is 0.951. The molecule has 0 saturated heterocycles. The van der Waals surface area contributed by atoms with Crippen LogP contribution in [0.4, 0.5) is 10.2 Å². The molecule has 5 nitrogen and oxygen atoms in total. The summed E-state index contributed by atoms with van der Waals surface area (Å²) in [7, 11) is 0. The molecule has 94 valence electrons. The fourth-order valence-electron chi connectivity index (χ4n) is 1.52. The SMILES string of the molecule is CCN(CCCO)c1ncc(F)cc1C(=O)O. The van der Waals surface area contributed by atoms with E-state index in [0.29, 0.717) is 19.5 Å². The quantitative estimate of drug-likeness (QED) is 0.782. The predicted octanol–water partition coefficient (Wildman–Crippen LogP) is 1.13. The molecule has 1 heterocycles. The van der Waals surface area contributed by atoms with Crippen molar-refractivity contribution >= 4 is 11.8 Å². The van der Waals surface area contributed by atoms with Crippen LogP contribution in [0, 0.1) is 5.82 Å². The third-order valence-corrected chi connectivity index (χ3v) is 2.33. The summed E-state index contributed by atoms with van der Waals surface area (Å²) in [5.41, 5.74) is -0.162. The van der Waals surface area contributed by atoms with Gasteiger partial charge in [-0.15, -0.1) is 0 Å². The largest absolute Gasteiger partial charge is 0.478 e. The molecule has 0 unspecified atom stereocenters. The Bertz CT molecular complexity index is 398. The Morgan fingerprint density at radius 2 is 2.29 bits per heavy atom. The molecule has 6 heteroatoms. The first-order chi connectivity index (χ1) is 8.10. The predicted molar refractivity (Wildman–Crippen MR) is 60.7 cm³/mol. The van der Waals surface area contributed by atoms with Gasteiger partial charge in [0.1, 0.15) is 17.2 Å². The highest BCUT2D eigenvalue weighted by Gasteiger charge is 2.17. The Hall–Kier alpha value is -1.69. The van der Waals surface area contributed by atoms with Crippen LogP contribution in [0.2, 0.25) is 0 Å². The molecule has 0 spiro atoms. The molecular weight excluding hydrogens is 227 g/mol. The normalized spacial score (nSPS) is 10.3. The molecule has 0 radical (unpaired) electrons. The number of nitrogens with zero attached hydrogens (tertiary/aromatic N) is 2. The van der Waals surface area contributed by atoms with Gasteiger partial charge in [0.25, 0.3) is 0 Å². The zero-order valence-corrected chi connectivity index (χ0v) is 9.56. The number of halogens is 1. The second-order valence-corrected chi connectivity index (χ2v) is 3.49. The van der Waals surface area contributed by atoms with Gasteiger partial charge >= 0.3 is 5.97 Å². The van der Waals surface area contributed by atoms with Gasteiger partial charge in [-0.1, -0.05) is 0 Å². The van der Waals surface area contributed by atoms with Gasteiger partial charge in [-0.2, -0.15) is 0 Å². The molecule has 0 bridgehead atoms. The van der Waals surface area contributed by atoms with Crippen LogP contribution in [-0.4, -0.2) is 40.9 Å². The molecule has 1 aromatic rings. The average molecular weight is 242 g/mol. The fourth-order valence-corrected chi connectivity index (χ4v) is 1.52. The van der Waals surface area contributed by atoms with Crippen molar-refractivity contribution in [2.24, 2.45) is 0 Å². The summed E-state index contributed by atoms with van der Waals surface area (Å²) < 4.78 is 12.9. The van der Waals surface area contributed by atoms with E-state index < -0.39 is 11.8 Å². The van der Waals surface area contributed by atoms with Crippen LogP contribution < -0.4 is 4.90 Å². The van der Waals surface area contributed by atoms with E-state index in [2.05, 4.69) is 4.98 Å². The number of aromatic nitrogens is 1. The number of carbonyl (C=O) groups is 1. The van der Waals surface area contributed by atoms with Crippen molar-refractivity contribution < 1.29 is 19.4 Å². The van der Waals surface area contributed by atoms with Crippen LogP contribution in [-0.2, 0) is 0 Å². The van der Waals surface area contributed by atoms with Crippen molar-refractivity contribution in [3.8, 4) is 0 Å². The van der Waals surface area contributed by atoms with Crippen molar-refractivity contribution in [1.82, 2.24) is 4.98 Å². The lowest BCUT2D eigenvalue weighted by Crippen LogP contribution is -2.27. The number of aromatic carboxylic acids is 1. The van der Waals surface area contributed by atoms with Crippen LogP contribution in [0.1, 0.15) is 23.7 Å². The summed E-state index contributed by atoms with van der Waals surface area (Å²) in [5, 5.41) is 17.7. The molecule has 0 amide bonds. The molecule has 0 aliphatic rings. The maximum absolute atomic E-state index is 12.9. The standard InChI is InChI=1S/C11H15FN2O3/c1-2-14(4-3-5-15)10-9(11(16)17)6-8(12)7-13-10/h6-7,15H,2-5H2,1H3,(H,16,17). The minimum atomic E-state index is -1.21. The van der Waals surface area contributed by atoms with Crippen molar-refractivity contribution in [3.05, 3.63) is 23.6 Å². The Morgan fingerprint density at radius 3 is 2.82 bits per heavy atom. The number of pyridine rings is 1. The van der Waals surface area contributed by atoms with Gasteiger partial charge in [0.15, 0.2) is 0 Å². The van der Waals surface area contributed by atoms with Gasteiger partial charge < -0.3 is 15.1 Å². The Labute approximate surface area is 98.5 Å². The summed E-state index contributed by atoms with van der Waals surface area (Å²) in [6.07, 6.45) is 1.50. The van der Waals surface area contributed by atoms with E-state index in [9.17, 15) is 9.18 Å². The van der Waals surface area contributed by atoms with Crippen molar-refractivity contribution in [2.75, 3.05) is 24.6 Å². The van der Waals surface area contributed by atoms with E-state index in [4.69, 9.17) is 10.2 Å². The molecule has 17 heavy (non-hydrogen) atoms. The van der Waals surface area contributed by atoms with E-state index in [1.807, 2.05) is 6.92 Å². The summed E-state index contributed by atoms with van der Waals surface area (Å²) in [4.78, 5) is 16.5. The minimum absolute atomic E-state index is 0.0140. The average Bonchev–Trinajstić information content (AvgIpc) is 2.31. The van der Waals surface area contributed by atoms with Gasteiger partial charge in [-0.3, -0.25) is 0 Å². The van der Waals surface area contributed by atoms with Crippen molar-refractivity contribution in [3.63, 3.8) is 0 Å². The topological polar surface area (TPSA) is 73.7 Å². The van der Waals surface area contributed by atoms with E-state index in [0.717, 1.165) is 12.3 Å². The van der Waals surface area contributed by atoms with Crippen molar-refractivity contribution in [1.29, 1.82) is 0 Å². The van der Waals surface area contributed by atoms with Crippen LogP contribution in [0.5, 0.6) is 0 Å². The van der Waals surface area contributed by atoms with Crippen LogP contribution >= 0.6 is 0 Å². The maximum Gasteiger partial charge on any atom is 0.339 e. The molecule has 2 N–H and O–H groups in total. The maximum atomic E-state index is 12.9. The number of aliphatic hydroxyl groups excluding tert-OH is 1. The Morgan fingerprint density at radius 1 is 1.59 bits per heavy atom. The molecule has 1 aromatic heterocycles. The number of aliphatic hydroxyl groups is 1. The van der Waals surface area contributed by atoms with Gasteiger partial charge in [0.2, 0.25) is 0 Å². The summed E-state index contributed by atoms with van der Waals surface area (Å²) >= 11 is 0. The Balaban J connectivity index is 3.05. The van der Waals surface area contributed by atoms with Crippen LogP contribution in [0.15, 0.2) is 12.3 Å². The van der Waals surface area contributed by atoms with Gasteiger partial charge in [-0.05, 0) is 19.4 Å². The highest BCUT2D eigenvalue weighted by atomic mass is 19.1. The molecule has 0 aliphatic carbocycles. The molecule has 0 fully saturated rings. The first-order valence-corrected chi connectivity index (χ1v) is 5.34. The minimum Gasteiger partial charge on any atom is -0.478 e. The number of hydrogen-bond acceptors (Lipinski definition) is 4. The van der Waals surface area contributed by atoms with Crippen LogP contribution in [0.25, 0.3) is 0 Å². The summed E-state index contributed by atoms with van der Waals surface area (Å²) in [6.45, 7) is 2.87. The van der Waals surface area contributed by atoms with E-state index in [1.165, 1.54) is 0 Å². The number of rotatable bonds is 6. The van der Waals surface area contributed by atoms with Gasteiger partial charge in [-0.25, -0.2) is 14.2 Å². The molecule has 0 aromatic carbocycles. The summed E-state index contributed by atoms with van der Waals surface area (Å²) in [5.74, 6) is -1.66. The number of anilines is 1. The van der Waals surface area contributed by atoms with E-state index >= 15 is 0 Å². The second kappa shape index (κ2) is 6.15. The highest BCUT2D eigenvalue weighted by Crippen LogP contribution is 2.18. The Kier molecular flexibility index (Phi) is 4.84. The first kappa shape index (κ1) is 13.4. The lowest BCUT2D eigenvalue weighted by molar-refractivity contribution is 0.0696. The zero-order valence-electron chi connectivity index (χ0n) is 9.56. The smallest absolute Gasteiger partial charge is 0.339 e. The fraction of sp³-hybridized carbons (Fsp3) is 0.455. The monoisotopic (exact) mass is 242 g/mol. The second-order valence-electron chi connectivity index (χ2n) is 3.49.